The summed E-state index contributed by atoms with van der Waals surface area (Å²) in [6.45, 7) is 0.592. The smallest absolute Gasteiger partial charge is 0.306 e. The van der Waals surface area contributed by atoms with Gasteiger partial charge in [-0.15, -0.1) is 0 Å². The third kappa shape index (κ3) is 3.64. The average molecular weight is 201 g/mol. The number of aliphatic hydroxyl groups is 1. The predicted octanol–water partition coefficient (Wildman–Crippen LogP) is 0.443. The first-order valence-corrected chi connectivity index (χ1v) is 5.22. The summed E-state index contributed by atoms with van der Waals surface area (Å²) in [5.41, 5.74) is 0. The van der Waals surface area contributed by atoms with Crippen LogP contribution < -0.4 is 5.32 Å². The van der Waals surface area contributed by atoms with E-state index in [9.17, 15) is 9.90 Å². The quantitative estimate of drug-likeness (QED) is 0.648. The van der Waals surface area contributed by atoms with Crippen molar-refractivity contribution in [1.82, 2.24) is 5.32 Å². The highest BCUT2D eigenvalue weighted by Gasteiger charge is 2.22. The third-order valence-corrected chi connectivity index (χ3v) is 2.69. The molecule has 1 rings (SSSR count). The van der Waals surface area contributed by atoms with E-state index in [0.29, 0.717) is 13.0 Å². The van der Waals surface area contributed by atoms with E-state index in [4.69, 9.17) is 0 Å². The minimum absolute atomic E-state index is 0.161. The van der Waals surface area contributed by atoms with Gasteiger partial charge in [0.25, 0.3) is 0 Å². The summed E-state index contributed by atoms with van der Waals surface area (Å²) in [7, 11) is 1.39. The minimum Gasteiger partial charge on any atom is -0.469 e. The number of ether oxygens (including phenoxy) is 1. The number of hydrogen-bond donors (Lipinski definition) is 2. The number of nitrogens with one attached hydrogen (secondary N) is 1. The van der Waals surface area contributed by atoms with Crippen LogP contribution in [0, 0.1) is 0 Å². The van der Waals surface area contributed by atoms with Crippen LogP contribution in [0.4, 0.5) is 0 Å². The summed E-state index contributed by atoms with van der Waals surface area (Å²) < 4.78 is 4.53. The number of aliphatic hydroxyl groups excluding tert-OH is 1. The fourth-order valence-corrected chi connectivity index (χ4v) is 1.81. The van der Waals surface area contributed by atoms with Gasteiger partial charge >= 0.3 is 5.97 Å². The molecule has 2 N–H and O–H groups in total. The lowest BCUT2D eigenvalue weighted by Crippen LogP contribution is -2.42. The Labute approximate surface area is 84.6 Å². The van der Waals surface area contributed by atoms with Crippen LogP contribution >= 0.6 is 0 Å². The molecule has 0 radical (unpaired) electrons. The van der Waals surface area contributed by atoms with Gasteiger partial charge in [-0.3, -0.25) is 4.79 Å². The van der Waals surface area contributed by atoms with E-state index in [-0.39, 0.29) is 18.1 Å². The van der Waals surface area contributed by atoms with E-state index in [1.165, 1.54) is 7.11 Å². The number of carbonyl (C=O) groups is 1. The molecule has 0 aromatic carbocycles. The molecule has 82 valence electrons. The van der Waals surface area contributed by atoms with Crippen molar-refractivity contribution >= 4 is 5.97 Å². The second-order valence-corrected chi connectivity index (χ2v) is 3.74. The van der Waals surface area contributed by atoms with Gasteiger partial charge in [-0.2, -0.15) is 0 Å². The van der Waals surface area contributed by atoms with E-state index in [1.807, 2.05) is 0 Å². The highest BCUT2D eigenvalue weighted by atomic mass is 16.5. The SMILES string of the molecule is COC(=O)CCN[C@@H]1CCCC[C@H]1O. The summed E-state index contributed by atoms with van der Waals surface area (Å²) in [6.07, 6.45) is 4.27. The second-order valence-electron chi connectivity index (χ2n) is 3.74. The molecule has 1 aliphatic carbocycles. The molecule has 0 saturated heterocycles. The van der Waals surface area contributed by atoms with Crippen molar-refractivity contribution in [3.05, 3.63) is 0 Å². The molecule has 1 aliphatic rings. The average Bonchev–Trinajstić information content (AvgIpc) is 2.20. The summed E-state index contributed by atoms with van der Waals surface area (Å²) >= 11 is 0. The van der Waals surface area contributed by atoms with Crippen molar-refractivity contribution in [2.45, 2.75) is 44.2 Å². The summed E-state index contributed by atoms with van der Waals surface area (Å²) in [5.74, 6) is -0.206. The molecular weight excluding hydrogens is 182 g/mol. The number of carbonyl (C=O) groups excluding carboxylic acids is 1. The monoisotopic (exact) mass is 201 g/mol. The maximum Gasteiger partial charge on any atom is 0.306 e. The van der Waals surface area contributed by atoms with Crippen LogP contribution in [0.5, 0.6) is 0 Å². The highest BCUT2D eigenvalue weighted by molar-refractivity contribution is 5.69. The van der Waals surface area contributed by atoms with Gasteiger partial charge in [-0.05, 0) is 12.8 Å². The Morgan fingerprint density at radius 2 is 2.21 bits per heavy atom. The standard InChI is InChI=1S/C10H19NO3/c1-14-10(13)6-7-11-8-4-2-3-5-9(8)12/h8-9,11-12H,2-7H2,1H3/t8-,9-/m1/s1. The van der Waals surface area contributed by atoms with Gasteiger partial charge in [0.15, 0.2) is 0 Å². The first-order chi connectivity index (χ1) is 6.74. The maximum atomic E-state index is 10.8. The molecule has 0 spiro atoms. The van der Waals surface area contributed by atoms with E-state index in [2.05, 4.69) is 10.1 Å². The zero-order valence-corrected chi connectivity index (χ0v) is 8.66. The summed E-state index contributed by atoms with van der Waals surface area (Å²) in [4.78, 5) is 10.8. The lowest BCUT2D eigenvalue weighted by Gasteiger charge is -2.28. The van der Waals surface area contributed by atoms with E-state index < -0.39 is 0 Å². The molecule has 0 bridgehead atoms. The van der Waals surface area contributed by atoms with Gasteiger partial charge in [0.2, 0.25) is 0 Å². The van der Waals surface area contributed by atoms with Crippen LogP contribution in [-0.4, -0.2) is 36.9 Å². The fraction of sp³-hybridized carbons (Fsp3) is 0.900. The van der Waals surface area contributed by atoms with Crippen LogP contribution in [0.1, 0.15) is 32.1 Å². The lowest BCUT2D eigenvalue weighted by atomic mass is 9.92. The van der Waals surface area contributed by atoms with E-state index in [1.54, 1.807) is 0 Å². The van der Waals surface area contributed by atoms with Gasteiger partial charge in [0.1, 0.15) is 0 Å². The molecule has 0 aromatic heterocycles. The largest absolute Gasteiger partial charge is 0.469 e. The first kappa shape index (κ1) is 11.5. The minimum atomic E-state index is -0.249. The zero-order chi connectivity index (χ0) is 10.4. The van der Waals surface area contributed by atoms with E-state index in [0.717, 1.165) is 25.7 Å². The zero-order valence-electron chi connectivity index (χ0n) is 8.66. The summed E-state index contributed by atoms with van der Waals surface area (Å²) in [6, 6.07) is 0.161. The third-order valence-electron chi connectivity index (χ3n) is 2.69. The Morgan fingerprint density at radius 3 is 2.86 bits per heavy atom. The van der Waals surface area contributed by atoms with Crippen molar-refractivity contribution in [3.63, 3.8) is 0 Å². The number of rotatable bonds is 4. The van der Waals surface area contributed by atoms with Crippen molar-refractivity contribution in [2.75, 3.05) is 13.7 Å². The number of hydrogen-bond acceptors (Lipinski definition) is 4. The lowest BCUT2D eigenvalue weighted by molar-refractivity contribution is -0.140. The molecule has 4 nitrogen and oxygen atoms in total. The maximum absolute atomic E-state index is 10.8. The van der Waals surface area contributed by atoms with Gasteiger partial charge in [0.05, 0.1) is 19.6 Å². The Morgan fingerprint density at radius 1 is 1.50 bits per heavy atom. The van der Waals surface area contributed by atoms with Gasteiger partial charge in [0, 0.05) is 12.6 Å². The topological polar surface area (TPSA) is 58.6 Å². The highest BCUT2D eigenvalue weighted by Crippen LogP contribution is 2.18. The van der Waals surface area contributed by atoms with Gasteiger partial charge < -0.3 is 15.2 Å². The molecule has 1 fully saturated rings. The summed E-state index contributed by atoms with van der Waals surface area (Å²) in [5, 5.41) is 12.8. The first-order valence-electron chi connectivity index (χ1n) is 5.22. The number of esters is 1. The molecule has 0 amide bonds. The van der Waals surface area contributed by atoms with Crippen molar-refractivity contribution < 1.29 is 14.6 Å². The molecule has 2 atom stereocenters. The molecule has 4 heteroatoms. The van der Waals surface area contributed by atoms with Crippen molar-refractivity contribution in [2.24, 2.45) is 0 Å². The van der Waals surface area contributed by atoms with E-state index >= 15 is 0 Å². The second kappa shape index (κ2) is 5.98. The molecule has 0 unspecified atom stereocenters. The Kier molecular flexibility index (Phi) is 4.90. The van der Waals surface area contributed by atoms with Gasteiger partial charge in [-0.25, -0.2) is 0 Å². The fourth-order valence-electron chi connectivity index (χ4n) is 1.81. The Hall–Kier alpha value is -0.610. The van der Waals surface area contributed by atoms with Crippen LogP contribution in [-0.2, 0) is 9.53 Å². The van der Waals surface area contributed by atoms with Crippen LogP contribution in [0.15, 0.2) is 0 Å². The molecule has 0 aliphatic heterocycles. The van der Waals surface area contributed by atoms with Crippen molar-refractivity contribution in [1.29, 1.82) is 0 Å². The molecule has 1 saturated carbocycles. The van der Waals surface area contributed by atoms with Crippen LogP contribution in [0.3, 0.4) is 0 Å². The molecule has 0 heterocycles. The normalized spacial score (nSPS) is 27.3. The molecular formula is C10H19NO3. The van der Waals surface area contributed by atoms with Crippen molar-refractivity contribution in [3.8, 4) is 0 Å². The Balaban J connectivity index is 2.13. The van der Waals surface area contributed by atoms with Crippen LogP contribution in [0.25, 0.3) is 0 Å². The van der Waals surface area contributed by atoms with Crippen LogP contribution in [0.2, 0.25) is 0 Å². The Bertz CT molecular complexity index is 184. The number of methoxy groups -OCH3 is 1. The predicted molar refractivity (Wildman–Crippen MR) is 52.9 cm³/mol. The molecule has 0 aromatic rings. The van der Waals surface area contributed by atoms with Gasteiger partial charge in [-0.1, -0.05) is 12.8 Å². The molecule has 14 heavy (non-hydrogen) atoms.